The molecule has 3 rings (SSSR count). The number of ketones is 1. The number of hydrogen-bond donors (Lipinski definition) is 2. The fraction of sp³-hybridized carbons (Fsp3) is 0.286. The normalized spacial score (nSPS) is 15.8. The molecule has 26 heavy (non-hydrogen) atoms. The highest BCUT2D eigenvalue weighted by molar-refractivity contribution is 6.00. The summed E-state index contributed by atoms with van der Waals surface area (Å²) in [5.74, 6) is 0.963. The Morgan fingerprint density at radius 2 is 2.04 bits per heavy atom. The Balaban J connectivity index is 2.07. The van der Waals surface area contributed by atoms with Crippen LogP contribution in [0.25, 0.3) is 0 Å². The van der Waals surface area contributed by atoms with Gasteiger partial charge >= 0.3 is 0 Å². The number of ether oxygens (including phenoxy) is 2. The molecule has 1 aliphatic rings. The quantitative estimate of drug-likeness (QED) is 0.800. The van der Waals surface area contributed by atoms with Crippen LogP contribution >= 0.6 is 0 Å². The van der Waals surface area contributed by atoms with E-state index >= 15 is 0 Å². The Morgan fingerprint density at radius 1 is 1.27 bits per heavy atom. The third-order valence-corrected chi connectivity index (χ3v) is 4.44. The molecule has 0 fully saturated rings. The Hall–Kier alpha value is -2.95. The second kappa shape index (κ2) is 7.12. The van der Waals surface area contributed by atoms with Crippen LogP contribution in [0, 0.1) is 0 Å². The first kappa shape index (κ1) is 17.9. The highest BCUT2D eigenvalue weighted by Gasteiger charge is 2.32. The van der Waals surface area contributed by atoms with Gasteiger partial charge in [-0.25, -0.2) is 0 Å². The smallest absolute Gasteiger partial charge is 0.170 e. The van der Waals surface area contributed by atoms with Gasteiger partial charge in [0.05, 0.1) is 19.1 Å². The lowest BCUT2D eigenvalue weighted by atomic mass is 9.92. The van der Waals surface area contributed by atoms with Gasteiger partial charge in [0.2, 0.25) is 0 Å². The first-order valence-electron chi connectivity index (χ1n) is 8.45. The van der Waals surface area contributed by atoms with Crippen molar-refractivity contribution in [3.63, 3.8) is 0 Å². The minimum Gasteiger partial charge on any atom is -0.508 e. The lowest BCUT2D eigenvalue weighted by Gasteiger charge is -2.28. The van der Waals surface area contributed by atoms with Crippen molar-refractivity contribution in [3.8, 4) is 23.0 Å². The topological polar surface area (TPSA) is 76.0 Å². The zero-order valence-corrected chi connectivity index (χ0v) is 15.1. The standard InChI is InChI=1S/C21H22O5/c1-12(2)4-6-16-19(25-3)9-8-15-18(24)11-20(26-21(15)16)14-7-5-13(22)10-17(14)23/h4-5,7-10,20,22-23H,6,11H2,1-3H3. The number of fused-ring (bicyclic) bond motifs is 1. The second-order valence-electron chi connectivity index (χ2n) is 6.59. The molecule has 2 aromatic rings. The fourth-order valence-corrected chi connectivity index (χ4v) is 3.09. The van der Waals surface area contributed by atoms with Gasteiger partial charge in [0.15, 0.2) is 5.78 Å². The monoisotopic (exact) mass is 354 g/mol. The van der Waals surface area contributed by atoms with Gasteiger partial charge in [-0.1, -0.05) is 11.6 Å². The second-order valence-corrected chi connectivity index (χ2v) is 6.59. The number of aromatic hydroxyl groups is 2. The predicted molar refractivity (Wildman–Crippen MR) is 98.2 cm³/mol. The Morgan fingerprint density at radius 3 is 2.69 bits per heavy atom. The van der Waals surface area contributed by atoms with Crippen molar-refractivity contribution in [1.29, 1.82) is 0 Å². The summed E-state index contributed by atoms with van der Waals surface area (Å²) >= 11 is 0. The van der Waals surface area contributed by atoms with Crippen LogP contribution in [-0.2, 0) is 6.42 Å². The molecule has 0 aliphatic carbocycles. The van der Waals surface area contributed by atoms with Gasteiger partial charge in [0.1, 0.15) is 29.1 Å². The molecular weight excluding hydrogens is 332 g/mol. The number of methoxy groups -OCH3 is 1. The van der Waals surface area contributed by atoms with Crippen molar-refractivity contribution in [1.82, 2.24) is 0 Å². The summed E-state index contributed by atoms with van der Waals surface area (Å²) in [7, 11) is 1.58. The van der Waals surface area contributed by atoms with Crippen LogP contribution in [-0.4, -0.2) is 23.1 Å². The molecule has 2 N–H and O–H groups in total. The minimum absolute atomic E-state index is 0.0419. The average molecular weight is 354 g/mol. The van der Waals surface area contributed by atoms with E-state index in [4.69, 9.17) is 9.47 Å². The number of allylic oxidation sites excluding steroid dienone is 2. The highest BCUT2D eigenvalue weighted by Crippen LogP contribution is 2.43. The molecule has 136 valence electrons. The molecular formula is C21H22O5. The first-order valence-corrected chi connectivity index (χ1v) is 8.45. The summed E-state index contributed by atoms with van der Waals surface area (Å²) < 4.78 is 11.6. The summed E-state index contributed by atoms with van der Waals surface area (Å²) in [5, 5.41) is 19.6. The van der Waals surface area contributed by atoms with Crippen LogP contribution in [0.3, 0.4) is 0 Å². The Bertz CT molecular complexity index is 878. The van der Waals surface area contributed by atoms with Crippen molar-refractivity contribution in [2.75, 3.05) is 7.11 Å². The van der Waals surface area contributed by atoms with Crippen LogP contribution in [0.2, 0.25) is 0 Å². The van der Waals surface area contributed by atoms with Crippen LogP contribution in [0.1, 0.15) is 47.9 Å². The van der Waals surface area contributed by atoms with Gasteiger partial charge in [-0.15, -0.1) is 0 Å². The van der Waals surface area contributed by atoms with Crippen molar-refractivity contribution in [2.45, 2.75) is 32.8 Å². The van der Waals surface area contributed by atoms with E-state index in [-0.39, 0.29) is 23.7 Å². The number of Topliss-reactive ketones (excluding diaryl/α,β-unsaturated/α-hetero) is 1. The maximum absolute atomic E-state index is 12.7. The van der Waals surface area contributed by atoms with Gasteiger partial charge in [0.25, 0.3) is 0 Å². The zero-order valence-electron chi connectivity index (χ0n) is 15.1. The van der Waals surface area contributed by atoms with E-state index < -0.39 is 6.10 Å². The fourth-order valence-electron chi connectivity index (χ4n) is 3.09. The Labute approximate surface area is 152 Å². The van der Waals surface area contributed by atoms with Crippen LogP contribution in [0.4, 0.5) is 0 Å². The summed E-state index contributed by atoms with van der Waals surface area (Å²) in [4.78, 5) is 12.7. The van der Waals surface area contributed by atoms with Gasteiger partial charge in [-0.2, -0.15) is 0 Å². The number of phenolic OH excluding ortho intramolecular Hbond substituents is 2. The molecule has 0 saturated heterocycles. The number of carbonyl (C=O) groups excluding carboxylic acids is 1. The summed E-state index contributed by atoms with van der Waals surface area (Å²) in [6, 6.07) is 7.79. The number of carbonyl (C=O) groups is 1. The molecule has 0 saturated carbocycles. The number of hydrogen-bond acceptors (Lipinski definition) is 5. The van der Waals surface area contributed by atoms with Crippen LogP contribution < -0.4 is 9.47 Å². The van der Waals surface area contributed by atoms with Gasteiger partial charge in [0, 0.05) is 17.2 Å². The number of benzene rings is 2. The van der Waals surface area contributed by atoms with Gasteiger partial charge < -0.3 is 19.7 Å². The molecule has 0 radical (unpaired) electrons. The molecule has 1 unspecified atom stereocenters. The molecule has 0 bridgehead atoms. The van der Waals surface area contributed by atoms with Crippen molar-refractivity contribution >= 4 is 5.78 Å². The molecule has 1 heterocycles. The van der Waals surface area contributed by atoms with E-state index in [2.05, 4.69) is 0 Å². The minimum atomic E-state index is -0.617. The number of rotatable bonds is 4. The molecule has 5 heteroatoms. The van der Waals surface area contributed by atoms with E-state index in [9.17, 15) is 15.0 Å². The van der Waals surface area contributed by atoms with Gasteiger partial charge in [-0.3, -0.25) is 4.79 Å². The maximum atomic E-state index is 12.7. The lowest BCUT2D eigenvalue weighted by molar-refractivity contribution is 0.0844. The Kier molecular flexibility index (Phi) is 4.89. The maximum Gasteiger partial charge on any atom is 0.170 e. The molecule has 0 aromatic heterocycles. The van der Waals surface area contributed by atoms with Crippen molar-refractivity contribution in [2.24, 2.45) is 0 Å². The zero-order chi connectivity index (χ0) is 18.8. The van der Waals surface area contributed by atoms with Crippen molar-refractivity contribution < 1.29 is 24.5 Å². The highest BCUT2D eigenvalue weighted by atomic mass is 16.5. The van der Waals surface area contributed by atoms with Crippen molar-refractivity contribution in [3.05, 3.63) is 58.7 Å². The third-order valence-electron chi connectivity index (χ3n) is 4.44. The SMILES string of the molecule is COc1ccc2c(c1CC=C(C)C)OC(c1ccc(O)cc1O)CC2=O. The summed E-state index contributed by atoms with van der Waals surface area (Å²) in [6.07, 6.45) is 2.14. The lowest BCUT2D eigenvalue weighted by Crippen LogP contribution is -2.21. The molecule has 1 aliphatic heterocycles. The van der Waals surface area contributed by atoms with Gasteiger partial charge in [-0.05, 0) is 44.5 Å². The number of phenols is 2. The van der Waals surface area contributed by atoms with E-state index in [0.29, 0.717) is 29.0 Å². The third kappa shape index (κ3) is 3.38. The molecule has 2 aromatic carbocycles. The van der Waals surface area contributed by atoms with Crippen LogP contribution in [0.5, 0.6) is 23.0 Å². The average Bonchev–Trinajstić information content (AvgIpc) is 2.59. The predicted octanol–water partition coefficient (Wildman–Crippen LogP) is 4.32. The largest absolute Gasteiger partial charge is 0.508 e. The molecule has 0 spiro atoms. The van der Waals surface area contributed by atoms with E-state index in [1.54, 1.807) is 25.3 Å². The first-order chi connectivity index (χ1) is 12.4. The van der Waals surface area contributed by atoms with E-state index in [1.807, 2.05) is 19.9 Å². The van der Waals surface area contributed by atoms with E-state index in [0.717, 1.165) is 11.1 Å². The molecule has 1 atom stereocenters. The summed E-state index contributed by atoms with van der Waals surface area (Å²) in [6.45, 7) is 4.01. The molecule has 0 amide bonds. The molecule has 5 nitrogen and oxygen atoms in total. The van der Waals surface area contributed by atoms with Crippen LogP contribution in [0.15, 0.2) is 42.0 Å². The summed E-state index contributed by atoms with van der Waals surface area (Å²) in [5.41, 5.74) is 2.96. The van der Waals surface area contributed by atoms with E-state index in [1.165, 1.54) is 12.1 Å².